The van der Waals surface area contributed by atoms with Gasteiger partial charge in [0.1, 0.15) is 0 Å². The van der Waals surface area contributed by atoms with Crippen LogP contribution >= 0.6 is 15.9 Å². The van der Waals surface area contributed by atoms with Crippen LogP contribution in [-0.4, -0.2) is 22.7 Å². The van der Waals surface area contributed by atoms with Crippen molar-refractivity contribution in [1.82, 2.24) is 5.32 Å². The summed E-state index contributed by atoms with van der Waals surface area (Å²) in [6.07, 6.45) is 1.44. The smallest absolute Gasteiger partial charge is 0.275 e. The first-order chi connectivity index (χ1) is 9.49. The van der Waals surface area contributed by atoms with Gasteiger partial charge < -0.3 is 10.4 Å². The van der Waals surface area contributed by atoms with Gasteiger partial charge >= 0.3 is 0 Å². The predicted molar refractivity (Wildman–Crippen MR) is 82.6 cm³/mol. The average Bonchev–Trinajstić information content (AvgIpc) is 2.41. The zero-order valence-electron chi connectivity index (χ0n) is 11.8. The standard InChI is InChI=1S/C14H21BrN2O3/c1-3-10(4-2)14(18)9-16-8-11-5-6-12(15)7-13(11)17(19)20/h5-7,10,14,16,18H,3-4,8-9H2,1-2H3. The van der Waals surface area contributed by atoms with Crippen LogP contribution in [0.4, 0.5) is 5.69 Å². The summed E-state index contributed by atoms with van der Waals surface area (Å²) in [5.74, 6) is 0.266. The Balaban J connectivity index is 2.60. The number of nitrogens with zero attached hydrogens (tertiary/aromatic N) is 1. The van der Waals surface area contributed by atoms with Gasteiger partial charge in [-0.1, -0.05) is 42.6 Å². The molecule has 0 saturated heterocycles. The molecule has 0 amide bonds. The number of nitro benzene ring substituents is 1. The average molecular weight is 345 g/mol. The van der Waals surface area contributed by atoms with Crippen molar-refractivity contribution in [2.45, 2.75) is 39.3 Å². The maximum absolute atomic E-state index is 11.0. The van der Waals surface area contributed by atoms with E-state index in [-0.39, 0.29) is 16.5 Å². The van der Waals surface area contributed by atoms with E-state index < -0.39 is 6.10 Å². The van der Waals surface area contributed by atoms with Gasteiger partial charge in [-0.25, -0.2) is 0 Å². The highest BCUT2D eigenvalue weighted by Gasteiger charge is 2.17. The molecule has 0 aliphatic heterocycles. The summed E-state index contributed by atoms with van der Waals surface area (Å²) in [5, 5.41) is 24.1. The van der Waals surface area contributed by atoms with Gasteiger partial charge in [-0.3, -0.25) is 10.1 Å². The molecule has 2 N–H and O–H groups in total. The zero-order chi connectivity index (χ0) is 15.1. The molecule has 5 nitrogen and oxygen atoms in total. The number of rotatable bonds is 8. The van der Waals surface area contributed by atoms with Crippen molar-refractivity contribution in [2.75, 3.05) is 6.54 Å². The molecule has 0 radical (unpaired) electrons. The maximum Gasteiger partial charge on any atom is 0.275 e. The topological polar surface area (TPSA) is 75.4 Å². The van der Waals surface area contributed by atoms with Gasteiger partial charge in [0.25, 0.3) is 5.69 Å². The second kappa shape index (κ2) is 8.34. The minimum Gasteiger partial charge on any atom is -0.392 e. The highest BCUT2D eigenvalue weighted by Crippen LogP contribution is 2.23. The van der Waals surface area contributed by atoms with E-state index in [0.29, 0.717) is 23.1 Å². The predicted octanol–water partition coefficient (Wildman–Crippen LogP) is 3.24. The molecule has 0 aromatic heterocycles. The Morgan fingerprint density at radius 2 is 2.05 bits per heavy atom. The first-order valence-electron chi connectivity index (χ1n) is 6.81. The molecule has 1 atom stereocenters. The number of hydrogen-bond acceptors (Lipinski definition) is 4. The van der Waals surface area contributed by atoms with Crippen LogP contribution in [-0.2, 0) is 6.54 Å². The minimum atomic E-state index is -0.417. The summed E-state index contributed by atoms with van der Waals surface area (Å²) in [4.78, 5) is 10.6. The van der Waals surface area contributed by atoms with Gasteiger partial charge in [-0.15, -0.1) is 0 Å². The highest BCUT2D eigenvalue weighted by atomic mass is 79.9. The third-order valence-electron chi connectivity index (χ3n) is 3.51. The lowest BCUT2D eigenvalue weighted by Crippen LogP contribution is -2.32. The normalized spacial score (nSPS) is 12.7. The van der Waals surface area contributed by atoms with Crippen molar-refractivity contribution in [3.63, 3.8) is 0 Å². The molecule has 6 heteroatoms. The summed E-state index contributed by atoms with van der Waals surface area (Å²) < 4.78 is 0.685. The molecule has 0 spiro atoms. The molecule has 1 unspecified atom stereocenters. The lowest BCUT2D eigenvalue weighted by molar-refractivity contribution is -0.385. The Bertz CT molecular complexity index is 450. The van der Waals surface area contributed by atoms with E-state index >= 15 is 0 Å². The Hall–Kier alpha value is -0.980. The monoisotopic (exact) mass is 344 g/mol. The summed E-state index contributed by atoms with van der Waals surface area (Å²) in [7, 11) is 0. The van der Waals surface area contributed by atoms with E-state index in [2.05, 4.69) is 35.1 Å². The maximum atomic E-state index is 11.0. The van der Waals surface area contributed by atoms with E-state index in [4.69, 9.17) is 0 Å². The summed E-state index contributed by atoms with van der Waals surface area (Å²) in [6, 6.07) is 4.99. The lowest BCUT2D eigenvalue weighted by Gasteiger charge is -2.20. The number of nitrogens with one attached hydrogen (secondary N) is 1. The quantitative estimate of drug-likeness (QED) is 0.560. The Morgan fingerprint density at radius 1 is 1.40 bits per heavy atom. The van der Waals surface area contributed by atoms with E-state index in [1.165, 1.54) is 6.07 Å². The van der Waals surface area contributed by atoms with Gasteiger partial charge in [0.05, 0.1) is 11.0 Å². The Labute approximate surface area is 127 Å². The van der Waals surface area contributed by atoms with E-state index in [1.54, 1.807) is 12.1 Å². The third-order valence-corrected chi connectivity index (χ3v) is 4.00. The molecule has 0 saturated carbocycles. The molecule has 1 aromatic rings. The van der Waals surface area contributed by atoms with Crippen LogP contribution in [0, 0.1) is 16.0 Å². The molecule has 0 fully saturated rings. The molecule has 1 aromatic carbocycles. The van der Waals surface area contributed by atoms with E-state index in [1.807, 2.05) is 0 Å². The number of halogens is 1. The molecule has 0 heterocycles. The summed E-state index contributed by atoms with van der Waals surface area (Å²) >= 11 is 3.23. The molecular weight excluding hydrogens is 324 g/mol. The van der Waals surface area contributed by atoms with Crippen molar-refractivity contribution in [3.8, 4) is 0 Å². The zero-order valence-corrected chi connectivity index (χ0v) is 13.4. The second-order valence-electron chi connectivity index (χ2n) is 4.80. The fourth-order valence-corrected chi connectivity index (χ4v) is 2.56. The fourth-order valence-electron chi connectivity index (χ4n) is 2.21. The van der Waals surface area contributed by atoms with Crippen LogP contribution in [0.15, 0.2) is 22.7 Å². The summed E-state index contributed by atoms with van der Waals surface area (Å²) in [5.41, 5.74) is 0.707. The van der Waals surface area contributed by atoms with E-state index in [0.717, 1.165) is 12.8 Å². The van der Waals surface area contributed by atoms with Crippen LogP contribution in [0.5, 0.6) is 0 Å². The van der Waals surface area contributed by atoms with Crippen molar-refractivity contribution in [2.24, 2.45) is 5.92 Å². The van der Waals surface area contributed by atoms with Crippen LogP contribution in [0.3, 0.4) is 0 Å². The van der Waals surface area contributed by atoms with Crippen molar-refractivity contribution >= 4 is 21.6 Å². The van der Waals surface area contributed by atoms with E-state index in [9.17, 15) is 15.2 Å². The molecule has 0 bridgehead atoms. The summed E-state index contributed by atoms with van der Waals surface area (Å²) in [6.45, 7) is 4.92. The molecule has 112 valence electrons. The molecular formula is C14H21BrN2O3. The minimum absolute atomic E-state index is 0.0869. The molecule has 0 aliphatic rings. The van der Waals surface area contributed by atoms with Crippen LogP contribution in [0.1, 0.15) is 32.3 Å². The van der Waals surface area contributed by atoms with Crippen molar-refractivity contribution in [1.29, 1.82) is 0 Å². The SMILES string of the molecule is CCC(CC)C(O)CNCc1ccc(Br)cc1[N+](=O)[O-]. The van der Waals surface area contributed by atoms with Crippen LogP contribution < -0.4 is 5.32 Å². The van der Waals surface area contributed by atoms with Gasteiger partial charge in [-0.05, 0) is 18.1 Å². The first kappa shape index (κ1) is 17.1. The Morgan fingerprint density at radius 3 is 2.60 bits per heavy atom. The first-order valence-corrected chi connectivity index (χ1v) is 7.60. The van der Waals surface area contributed by atoms with Gasteiger partial charge in [0, 0.05) is 29.2 Å². The molecule has 20 heavy (non-hydrogen) atoms. The number of aliphatic hydroxyl groups is 1. The number of aliphatic hydroxyl groups excluding tert-OH is 1. The van der Waals surface area contributed by atoms with Crippen molar-refractivity contribution in [3.05, 3.63) is 38.3 Å². The van der Waals surface area contributed by atoms with Crippen LogP contribution in [0.2, 0.25) is 0 Å². The lowest BCUT2D eigenvalue weighted by atomic mass is 9.96. The third kappa shape index (κ3) is 4.85. The largest absolute Gasteiger partial charge is 0.392 e. The number of benzene rings is 1. The number of hydrogen-bond donors (Lipinski definition) is 2. The molecule has 0 aliphatic carbocycles. The highest BCUT2D eigenvalue weighted by molar-refractivity contribution is 9.10. The number of nitro groups is 1. The second-order valence-corrected chi connectivity index (χ2v) is 5.72. The van der Waals surface area contributed by atoms with Crippen molar-refractivity contribution < 1.29 is 10.0 Å². The van der Waals surface area contributed by atoms with Gasteiger partial charge in [-0.2, -0.15) is 0 Å². The fraction of sp³-hybridized carbons (Fsp3) is 0.571. The van der Waals surface area contributed by atoms with Crippen LogP contribution in [0.25, 0.3) is 0 Å². The van der Waals surface area contributed by atoms with Gasteiger partial charge in [0.15, 0.2) is 0 Å². The Kier molecular flexibility index (Phi) is 7.12. The molecule has 1 rings (SSSR count). The van der Waals surface area contributed by atoms with Gasteiger partial charge in [0.2, 0.25) is 0 Å².